The summed E-state index contributed by atoms with van der Waals surface area (Å²) in [5.74, 6) is 2.02. The number of hydrogen-bond acceptors (Lipinski definition) is 3. The molecule has 0 aromatic heterocycles. The van der Waals surface area contributed by atoms with Crippen molar-refractivity contribution < 1.29 is 9.53 Å². The maximum atomic E-state index is 12.6. The maximum absolute atomic E-state index is 12.6. The zero-order valence-corrected chi connectivity index (χ0v) is 12.6. The monoisotopic (exact) mass is 288 g/mol. The molecule has 0 radical (unpaired) electrons. The van der Waals surface area contributed by atoms with Gasteiger partial charge < -0.3 is 15.4 Å². The number of fused-ring (bicyclic) bond motifs is 1. The van der Waals surface area contributed by atoms with Crippen molar-refractivity contribution in [3.63, 3.8) is 0 Å². The summed E-state index contributed by atoms with van der Waals surface area (Å²) in [5, 5.41) is 0. The fraction of sp³-hybridized carbons (Fsp3) is 0.588. The summed E-state index contributed by atoms with van der Waals surface area (Å²) in [6.45, 7) is 4.28. The van der Waals surface area contributed by atoms with Crippen molar-refractivity contribution in [2.75, 3.05) is 19.7 Å². The smallest absolute Gasteiger partial charge is 0.253 e. The fourth-order valence-electron chi connectivity index (χ4n) is 3.73. The summed E-state index contributed by atoms with van der Waals surface area (Å²) in [6.07, 6.45) is 3.52. The van der Waals surface area contributed by atoms with Crippen LogP contribution < -0.4 is 10.5 Å². The van der Waals surface area contributed by atoms with Crippen molar-refractivity contribution >= 4 is 5.91 Å². The second-order valence-electron chi connectivity index (χ2n) is 6.19. The van der Waals surface area contributed by atoms with Gasteiger partial charge in [0, 0.05) is 24.7 Å². The summed E-state index contributed by atoms with van der Waals surface area (Å²) in [6, 6.07) is 7.71. The lowest BCUT2D eigenvalue weighted by Gasteiger charge is -2.29. The molecule has 0 spiro atoms. The summed E-state index contributed by atoms with van der Waals surface area (Å²) in [4.78, 5) is 14.6. The number of rotatable bonds is 3. The number of benzene rings is 1. The summed E-state index contributed by atoms with van der Waals surface area (Å²) < 4.78 is 5.42. The SMILES string of the molecule is CCOc1ccc(C(=O)N2CC3CCCC(N)C3C2)cc1. The molecule has 1 amide bonds. The number of carbonyl (C=O) groups excluding carboxylic acids is 1. The minimum Gasteiger partial charge on any atom is -0.494 e. The molecule has 2 fully saturated rings. The van der Waals surface area contributed by atoms with Crippen LogP contribution in [0.3, 0.4) is 0 Å². The van der Waals surface area contributed by atoms with Gasteiger partial charge in [0.15, 0.2) is 0 Å². The van der Waals surface area contributed by atoms with Gasteiger partial charge in [-0.25, -0.2) is 0 Å². The van der Waals surface area contributed by atoms with Crippen molar-refractivity contribution in [3.05, 3.63) is 29.8 Å². The molecule has 1 aromatic carbocycles. The van der Waals surface area contributed by atoms with Crippen molar-refractivity contribution in [3.8, 4) is 5.75 Å². The Morgan fingerprint density at radius 2 is 2.05 bits per heavy atom. The van der Waals surface area contributed by atoms with Gasteiger partial charge in [0.05, 0.1) is 6.61 Å². The van der Waals surface area contributed by atoms with E-state index in [9.17, 15) is 4.79 Å². The first-order valence-corrected chi connectivity index (χ1v) is 7.96. The standard InChI is InChI=1S/C17H24N2O2/c1-2-21-14-8-6-12(7-9-14)17(20)19-10-13-4-3-5-16(18)15(13)11-19/h6-9,13,15-16H,2-5,10-11,18H2,1H3. The van der Waals surface area contributed by atoms with Gasteiger partial charge in [-0.3, -0.25) is 4.79 Å². The molecule has 114 valence electrons. The highest BCUT2D eigenvalue weighted by Crippen LogP contribution is 2.36. The van der Waals surface area contributed by atoms with E-state index in [1.165, 1.54) is 12.8 Å². The van der Waals surface area contributed by atoms with Crippen LogP contribution in [0.2, 0.25) is 0 Å². The van der Waals surface area contributed by atoms with Crippen molar-refractivity contribution in [1.29, 1.82) is 0 Å². The molecular weight excluding hydrogens is 264 g/mol. The number of amides is 1. The van der Waals surface area contributed by atoms with Crippen LogP contribution in [0.25, 0.3) is 0 Å². The largest absolute Gasteiger partial charge is 0.494 e. The number of nitrogens with zero attached hydrogens (tertiary/aromatic N) is 1. The van der Waals surface area contributed by atoms with E-state index in [0.29, 0.717) is 18.4 Å². The van der Waals surface area contributed by atoms with Crippen LogP contribution in [-0.4, -0.2) is 36.5 Å². The van der Waals surface area contributed by atoms with Crippen molar-refractivity contribution in [2.45, 2.75) is 32.2 Å². The molecular formula is C17H24N2O2. The van der Waals surface area contributed by atoms with Crippen molar-refractivity contribution in [2.24, 2.45) is 17.6 Å². The highest BCUT2D eigenvalue weighted by Gasteiger charge is 2.40. The molecule has 4 heteroatoms. The molecule has 1 aromatic rings. The first-order valence-electron chi connectivity index (χ1n) is 7.96. The second-order valence-corrected chi connectivity index (χ2v) is 6.19. The number of likely N-dealkylation sites (tertiary alicyclic amines) is 1. The van der Waals surface area contributed by atoms with Crippen LogP contribution in [0.4, 0.5) is 0 Å². The predicted molar refractivity (Wildman–Crippen MR) is 82.3 cm³/mol. The van der Waals surface area contributed by atoms with E-state index in [1.54, 1.807) is 0 Å². The average Bonchev–Trinajstić information content (AvgIpc) is 2.93. The van der Waals surface area contributed by atoms with E-state index >= 15 is 0 Å². The van der Waals surface area contributed by atoms with E-state index in [-0.39, 0.29) is 11.9 Å². The van der Waals surface area contributed by atoms with Crippen molar-refractivity contribution in [1.82, 2.24) is 4.90 Å². The Morgan fingerprint density at radius 3 is 2.71 bits per heavy atom. The summed E-state index contributed by atoms with van der Waals surface area (Å²) >= 11 is 0. The molecule has 3 unspecified atom stereocenters. The minimum absolute atomic E-state index is 0.125. The van der Waals surface area contributed by atoms with Gasteiger partial charge in [0.1, 0.15) is 5.75 Å². The highest BCUT2D eigenvalue weighted by molar-refractivity contribution is 5.94. The summed E-state index contributed by atoms with van der Waals surface area (Å²) in [7, 11) is 0. The first-order chi connectivity index (χ1) is 10.2. The van der Waals surface area contributed by atoms with Gasteiger partial charge in [0.25, 0.3) is 5.91 Å². The normalized spacial score (nSPS) is 28.3. The van der Waals surface area contributed by atoms with Gasteiger partial charge in [-0.2, -0.15) is 0 Å². The zero-order chi connectivity index (χ0) is 14.8. The van der Waals surface area contributed by atoms with Crippen LogP contribution in [0.15, 0.2) is 24.3 Å². The van der Waals surface area contributed by atoms with Crippen LogP contribution in [0.5, 0.6) is 5.75 Å². The molecule has 1 heterocycles. The van der Waals surface area contributed by atoms with Crippen LogP contribution >= 0.6 is 0 Å². The Morgan fingerprint density at radius 1 is 1.29 bits per heavy atom. The molecule has 4 nitrogen and oxygen atoms in total. The molecule has 21 heavy (non-hydrogen) atoms. The number of carbonyl (C=O) groups is 1. The Hall–Kier alpha value is -1.55. The third-order valence-electron chi connectivity index (χ3n) is 4.85. The van der Waals surface area contributed by atoms with E-state index < -0.39 is 0 Å². The lowest BCUT2D eigenvalue weighted by molar-refractivity contribution is 0.0783. The van der Waals surface area contributed by atoms with Crippen LogP contribution in [0.1, 0.15) is 36.5 Å². The average molecular weight is 288 g/mol. The molecule has 2 aliphatic rings. The number of hydrogen-bond donors (Lipinski definition) is 1. The van der Waals surface area contributed by atoms with Gasteiger partial charge >= 0.3 is 0 Å². The third kappa shape index (κ3) is 2.91. The molecule has 1 saturated carbocycles. The van der Waals surface area contributed by atoms with E-state index in [4.69, 9.17) is 10.5 Å². The zero-order valence-electron chi connectivity index (χ0n) is 12.6. The predicted octanol–water partition coefficient (Wildman–Crippen LogP) is 2.28. The third-order valence-corrected chi connectivity index (χ3v) is 4.85. The maximum Gasteiger partial charge on any atom is 0.253 e. The molecule has 0 bridgehead atoms. The van der Waals surface area contributed by atoms with E-state index in [0.717, 1.165) is 30.8 Å². The Labute approximate surface area is 126 Å². The van der Waals surface area contributed by atoms with Crippen LogP contribution in [-0.2, 0) is 0 Å². The molecule has 1 aliphatic carbocycles. The Balaban J connectivity index is 1.68. The molecule has 3 atom stereocenters. The van der Waals surface area contributed by atoms with E-state index in [1.807, 2.05) is 36.1 Å². The quantitative estimate of drug-likeness (QED) is 0.928. The lowest BCUT2D eigenvalue weighted by Crippen LogP contribution is -2.38. The second kappa shape index (κ2) is 6.06. The summed E-state index contributed by atoms with van der Waals surface area (Å²) in [5.41, 5.74) is 6.96. The molecule has 3 rings (SSSR count). The van der Waals surface area contributed by atoms with Gasteiger partial charge in [0.2, 0.25) is 0 Å². The number of ether oxygens (including phenoxy) is 1. The molecule has 2 N–H and O–H groups in total. The van der Waals surface area contributed by atoms with Gasteiger partial charge in [-0.1, -0.05) is 6.42 Å². The Bertz CT molecular complexity index is 500. The molecule has 1 saturated heterocycles. The number of nitrogens with two attached hydrogens (primary N) is 1. The first kappa shape index (κ1) is 14.4. The van der Waals surface area contributed by atoms with Crippen LogP contribution in [0, 0.1) is 11.8 Å². The topological polar surface area (TPSA) is 55.6 Å². The Kier molecular flexibility index (Phi) is 4.15. The highest BCUT2D eigenvalue weighted by atomic mass is 16.5. The fourth-order valence-corrected chi connectivity index (χ4v) is 3.73. The lowest BCUT2D eigenvalue weighted by atomic mass is 9.78. The van der Waals surface area contributed by atoms with Gasteiger partial charge in [-0.15, -0.1) is 0 Å². The molecule has 1 aliphatic heterocycles. The van der Waals surface area contributed by atoms with Gasteiger partial charge in [-0.05, 0) is 55.9 Å². The van der Waals surface area contributed by atoms with E-state index in [2.05, 4.69) is 0 Å². The minimum atomic E-state index is 0.125.